The molecule has 0 amide bonds. The van der Waals surface area contributed by atoms with Gasteiger partial charge in [0.25, 0.3) is 10.1 Å². The van der Waals surface area contributed by atoms with Crippen molar-refractivity contribution >= 4 is 25.8 Å². The molecular weight excluding hydrogens is 382 g/mol. The van der Waals surface area contributed by atoms with Gasteiger partial charge in [-0.15, -0.1) is 0 Å². The van der Waals surface area contributed by atoms with Crippen LogP contribution in [0, 0.1) is 0 Å². The SMILES string of the molecule is CS(=O)(=O)O[C@@H]1[C@@H](CO)O[C@@H](n2ccc(N)nc2=O)[C@@]1(O)S(C)(=O)=O. The summed E-state index contributed by atoms with van der Waals surface area (Å²) in [5.74, 6) is -0.162. The molecule has 1 aliphatic heterocycles. The first-order chi connectivity index (χ1) is 11.3. The van der Waals surface area contributed by atoms with Gasteiger partial charge in [-0.25, -0.2) is 13.2 Å². The predicted octanol–water partition coefficient (Wildman–Crippen LogP) is -3.21. The van der Waals surface area contributed by atoms with Crippen LogP contribution in [0.25, 0.3) is 0 Å². The van der Waals surface area contributed by atoms with Crippen molar-refractivity contribution in [1.29, 1.82) is 0 Å². The lowest BCUT2D eigenvalue weighted by Gasteiger charge is -2.31. The van der Waals surface area contributed by atoms with Crippen molar-refractivity contribution in [2.45, 2.75) is 23.4 Å². The number of rotatable bonds is 5. The number of aliphatic hydroxyl groups is 2. The zero-order chi connectivity index (χ0) is 19.2. The summed E-state index contributed by atoms with van der Waals surface area (Å²) in [6.45, 7) is -0.883. The van der Waals surface area contributed by atoms with E-state index in [1.165, 1.54) is 0 Å². The Kier molecular flexibility index (Phi) is 4.97. The summed E-state index contributed by atoms with van der Waals surface area (Å²) in [6, 6.07) is 1.14. The minimum atomic E-state index is -4.48. The van der Waals surface area contributed by atoms with Gasteiger partial charge in [0.1, 0.15) is 11.9 Å². The normalized spacial score (nSPS) is 30.5. The molecule has 1 aromatic rings. The lowest BCUT2D eigenvalue weighted by atomic mass is 10.1. The van der Waals surface area contributed by atoms with E-state index in [0.717, 1.165) is 12.3 Å². The fourth-order valence-electron chi connectivity index (χ4n) is 2.46. The molecule has 4 N–H and O–H groups in total. The molecule has 2 rings (SSSR count). The monoisotopic (exact) mass is 399 g/mol. The van der Waals surface area contributed by atoms with E-state index in [2.05, 4.69) is 9.17 Å². The largest absolute Gasteiger partial charge is 0.394 e. The Morgan fingerprint density at radius 3 is 2.44 bits per heavy atom. The zero-order valence-corrected chi connectivity index (χ0v) is 14.8. The highest BCUT2D eigenvalue weighted by Crippen LogP contribution is 2.43. The van der Waals surface area contributed by atoms with Gasteiger partial charge in [-0.3, -0.25) is 8.75 Å². The summed E-state index contributed by atoms with van der Waals surface area (Å²) >= 11 is 0. The van der Waals surface area contributed by atoms with Crippen LogP contribution in [-0.4, -0.2) is 72.9 Å². The number of hydrogen-bond donors (Lipinski definition) is 3. The van der Waals surface area contributed by atoms with E-state index < -0.39 is 55.6 Å². The second kappa shape index (κ2) is 6.30. The fourth-order valence-corrected chi connectivity index (χ4v) is 4.33. The van der Waals surface area contributed by atoms with Gasteiger partial charge in [-0.2, -0.15) is 13.4 Å². The molecular formula is C11H17N3O9S2. The standard InChI is InChI=1S/C11H17N3O9S2/c1-24(18,19)11(17)8(23-25(2,20)21)6(5-15)22-9(11)14-4-3-7(12)13-10(14)16/h3-4,6,8-9,15,17H,5H2,1-2H3,(H2,12,13,16)/t6-,8-,9-,11+/m1/s1. The smallest absolute Gasteiger partial charge is 0.351 e. The van der Waals surface area contributed by atoms with Gasteiger partial charge in [0.2, 0.25) is 4.93 Å². The fraction of sp³-hybridized carbons (Fsp3) is 0.636. The molecule has 1 saturated heterocycles. The molecule has 0 bridgehead atoms. The van der Waals surface area contributed by atoms with Crippen LogP contribution >= 0.6 is 0 Å². The van der Waals surface area contributed by atoms with Crippen molar-refractivity contribution in [3.63, 3.8) is 0 Å². The minimum Gasteiger partial charge on any atom is -0.394 e. The maximum atomic E-state index is 12.2. The number of nitrogens with zero attached hydrogens (tertiary/aromatic N) is 2. The zero-order valence-electron chi connectivity index (χ0n) is 13.1. The third-order valence-electron chi connectivity index (χ3n) is 3.56. The van der Waals surface area contributed by atoms with Crippen LogP contribution in [0.15, 0.2) is 17.1 Å². The molecule has 0 aromatic carbocycles. The molecule has 1 fully saturated rings. The van der Waals surface area contributed by atoms with Crippen LogP contribution in [0.4, 0.5) is 5.82 Å². The predicted molar refractivity (Wildman–Crippen MR) is 83.4 cm³/mol. The molecule has 12 nitrogen and oxygen atoms in total. The number of sulfone groups is 1. The Morgan fingerprint density at radius 1 is 1.40 bits per heavy atom. The van der Waals surface area contributed by atoms with E-state index in [1.54, 1.807) is 0 Å². The number of nitrogen functional groups attached to an aromatic ring is 1. The van der Waals surface area contributed by atoms with E-state index in [1.807, 2.05) is 0 Å². The molecule has 0 spiro atoms. The first-order valence-corrected chi connectivity index (χ1v) is 10.4. The van der Waals surface area contributed by atoms with Crippen LogP contribution < -0.4 is 11.4 Å². The second-order valence-corrected chi connectivity index (χ2v) is 9.30. The van der Waals surface area contributed by atoms with Crippen molar-refractivity contribution in [2.24, 2.45) is 0 Å². The molecule has 14 heteroatoms. The topological polar surface area (TPSA) is 188 Å². The Hall–Kier alpha value is -1.58. The summed E-state index contributed by atoms with van der Waals surface area (Å²) in [4.78, 5) is 12.4. The molecule has 0 unspecified atom stereocenters. The van der Waals surface area contributed by atoms with Crippen molar-refractivity contribution in [3.8, 4) is 0 Å². The number of aromatic nitrogens is 2. The first-order valence-electron chi connectivity index (χ1n) is 6.72. The van der Waals surface area contributed by atoms with Crippen LogP contribution in [0.1, 0.15) is 6.23 Å². The van der Waals surface area contributed by atoms with Crippen molar-refractivity contribution < 1.29 is 36.0 Å². The quantitative estimate of drug-likeness (QED) is 0.423. The van der Waals surface area contributed by atoms with Crippen LogP contribution in [0.5, 0.6) is 0 Å². The van der Waals surface area contributed by atoms with E-state index in [0.29, 0.717) is 17.1 Å². The Labute approximate surface area is 142 Å². The van der Waals surface area contributed by atoms with E-state index in [9.17, 15) is 31.8 Å². The number of hydrogen-bond acceptors (Lipinski definition) is 11. The third-order valence-corrected chi connectivity index (χ3v) is 5.74. The van der Waals surface area contributed by atoms with Crippen LogP contribution in [-0.2, 0) is 28.9 Å². The van der Waals surface area contributed by atoms with Gasteiger partial charge in [0.15, 0.2) is 22.2 Å². The maximum absolute atomic E-state index is 12.2. The Bertz CT molecular complexity index is 926. The number of anilines is 1. The lowest BCUT2D eigenvalue weighted by Crippen LogP contribution is -2.55. The number of aliphatic hydroxyl groups excluding tert-OH is 1. The third kappa shape index (κ3) is 3.54. The maximum Gasteiger partial charge on any atom is 0.351 e. The van der Waals surface area contributed by atoms with Gasteiger partial charge < -0.3 is 20.7 Å². The average Bonchev–Trinajstić information content (AvgIpc) is 2.71. The highest BCUT2D eigenvalue weighted by atomic mass is 32.2. The molecule has 2 heterocycles. The van der Waals surface area contributed by atoms with Crippen molar-refractivity contribution in [3.05, 3.63) is 22.7 Å². The second-order valence-electron chi connectivity index (χ2n) is 5.50. The van der Waals surface area contributed by atoms with Gasteiger partial charge >= 0.3 is 5.69 Å². The summed E-state index contributed by atoms with van der Waals surface area (Å²) in [7, 11) is -8.72. The minimum absolute atomic E-state index is 0.162. The average molecular weight is 399 g/mol. The molecule has 4 atom stereocenters. The molecule has 0 aliphatic carbocycles. The molecule has 142 valence electrons. The van der Waals surface area contributed by atoms with Crippen molar-refractivity contribution in [1.82, 2.24) is 9.55 Å². The van der Waals surface area contributed by atoms with Gasteiger partial charge in [-0.05, 0) is 6.07 Å². The lowest BCUT2D eigenvalue weighted by molar-refractivity contribution is -0.0656. The molecule has 0 saturated carbocycles. The molecule has 1 aliphatic rings. The van der Waals surface area contributed by atoms with E-state index in [-0.39, 0.29) is 5.82 Å². The molecule has 1 aromatic heterocycles. The Balaban J connectivity index is 2.69. The van der Waals surface area contributed by atoms with E-state index >= 15 is 0 Å². The van der Waals surface area contributed by atoms with Gasteiger partial charge in [0, 0.05) is 12.5 Å². The molecule has 0 radical (unpaired) electrons. The first kappa shape index (κ1) is 19.7. The highest BCUT2D eigenvalue weighted by molar-refractivity contribution is 7.92. The van der Waals surface area contributed by atoms with Crippen molar-refractivity contribution in [2.75, 3.05) is 24.9 Å². The van der Waals surface area contributed by atoms with Gasteiger partial charge in [0.05, 0.1) is 12.9 Å². The molecule has 25 heavy (non-hydrogen) atoms. The highest BCUT2D eigenvalue weighted by Gasteiger charge is 2.65. The summed E-state index contributed by atoms with van der Waals surface area (Å²) < 4.78 is 57.9. The summed E-state index contributed by atoms with van der Waals surface area (Å²) in [5, 5.41) is 20.2. The number of nitrogens with two attached hydrogens (primary N) is 1. The van der Waals surface area contributed by atoms with Crippen LogP contribution in [0.3, 0.4) is 0 Å². The Morgan fingerprint density at radius 2 is 2.00 bits per heavy atom. The summed E-state index contributed by atoms with van der Waals surface area (Å²) in [5.41, 5.74) is 4.30. The number of ether oxygens (including phenoxy) is 1. The van der Waals surface area contributed by atoms with E-state index in [4.69, 9.17) is 10.5 Å². The van der Waals surface area contributed by atoms with Gasteiger partial charge in [-0.1, -0.05) is 0 Å². The summed E-state index contributed by atoms with van der Waals surface area (Å²) in [6.07, 6.45) is -3.23. The van der Waals surface area contributed by atoms with Crippen LogP contribution in [0.2, 0.25) is 0 Å².